The molecule has 2 aromatic rings. The van der Waals surface area contributed by atoms with E-state index < -0.39 is 5.97 Å². The van der Waals surface area contributed by atoms with E-state index in [1.807, 2.05) is 30.3 Å². The fraction of sp³-hybridized carbons (Fsp3) is 0.176. The fourth-order valence-corrected chi connectivity index (χ4v) is 2.49. The molecule has 2 aromatic carbocycles. The van der Waals surface area contributed by atoms with Crippen LogP contribution in [0, 0.1) is 0 Å². The minimum atomic E-state index is -0.476. The first-order valence-corrected chi connectivity index (χ1v) is 7.42. The number of carbonyl (C=O) groups excluding carboxylic acids is 1. The molecule has 1 aliphatic rings. The van der Waals surface area contributed by atoms with Gasteiger partial charge in [-0.2, -0.15) is 0 Å². The Morgan fingerprint density at radius 1 is 1.30 bits per heavy atom. The molecule has 0 N–H and O–H groups in total. The zero-order valence-electron chi connectivity index (χ0n) is 12.5. The van der Waals surface area contributed by atoms with Crippen molar-refractivity contribution in [3.8, 4) is 5.75 Å². The third-order valence-corrected chi connectivity index (χ3v) is 3.77. The maximum Gasteiger partial charge on any atom is 0.341 e. The second-order valence-electron chi connectivity index (χ2n) is 4.96. The molecule has 0 spiro atoms. The molecule has 0 bridgehead atoms. The second-order valence-corrected chi connectivity index (χ2v) is 5.37. The smallest absolute Gasteiger partial charge is 0.341 e. The minimum absolute atomic E-state index is 0.324. The van der Waals surface area contributed by atoms with Gasteiger partial charge in [0.2, 0.25) is 0 Å². The van der Waals surface area contributed by atoms with Gasteiger partial charge in [-0.3, -0.25) is 9.41 Å². The van der Waals surface area contributed by atoms with Gasteiger partial charge < -0.3 is 9.47 Å². The number of hydrogen-bond acceptors (Lipinski definition) is 5. The largest absolute Gasteiger partial charge is 0.488 e. The van der Waals surface area contributed by atoms with Gasteiger partial charge in [0.1, 0.15) is 17.9 Å². The predicted octanol–water partition coefficient (Wildman–Crippen LogP) is 3.73. The van der Waals surface area contributed by atoms with Gasteiger partial charge in [-0.05, 0) is 11.6 Å². The summed E-state index contributed by atoms with van der Waals surface area (Å²) in [5.74, 6) is -0.0564. The lowest BCUT2D eigenvalue weighted by molar-refractivity contribution is 0.0595. The summed E-state index contributed by atoms with van der Waals surface area (Å²) in [5, 5.41) is 0. The Kier molecular flexibility index (Phi) is 4.48. The van der Waals surface area contributed by atoms with Crippen LogP contribution >= 0.6 is 11.8 Å². The molecule has 118 valence electrons. The van der Waals surface area contributed by atoms with Gasteiger partial charge >= 0.3 is 5.97 Å². The number of fused-ring (bicyclic) bond motifs is 1. The van der Waals surface area contributed by atoms with E-state index in [-0.39, 0.29) is 0 Å². The SMILES string of the molecule is COC(=O)c1cc2c(cc1OCc1ccccc1)N=CCN2Cl. The molecule has 0 amide bonds. The summed E-state index contributed by atoms with van der Waals surface area (Å²) in [5.41, 5.74) is 2.64. The predicted molar refractivity (Wildman–Crippen MR) is 89.9 cm³/mol. The highest BCUT2D eigenvalue weighted by Gasteiger charge is 2.21. The summed E-state index contributed by atoms with van der Waals surface area (Å²) in [6, 6.07) is 13.1. The molecule has 1 aliphatic heterocycles. The second kappa shape index (κ2) is 6.71. The Morgan fingerprint density at radius 2 is 2.09 bits per heavy atom. The van der Waals surface area contributed by atoms with E-state index >= 15 is 0 Å². The Hall–Kier alpha value is -2.53. The standard InChI is InChI=1S/C17H15ClN2O3/c1-22-17(21)13-9-15-14(19-7-8-20(15)18)10-16(13)23-11-12-5-3-2-4-6-12/h2-7,9-10H,8,11H2,1H3. The van der Waals surface area contributed by atoms with Gasteiger partial charge in [-0.25, -0.2) is 4.79 Å². The first-order chi connectivity index (χ1) is 11.2. The zero-order chi connectivity index (χ0) is 16.2. The van der Waals surface area contributed by atoms with Crippen LogP contribution in [-0.4, -0.2) is 25.8 Å². The topological polar surface area (TPSA) is 51.1 Å². The molecule has 0 fully saturated rings. The van der Waals surface area contributed by atoms with Crippen molar-refractivity contribution >= 4 is 35.3 Å². The van der Waals surface area contributed by atoms with Crippen molar-refractivity contribution in [2.75, 3.05) is 18.1 Å². The van der Waals surface area contributed by atoms with Crippen molar-refractivity contribution in [3.63, 3.8) is 0 Å². The molecule has 5 nitrogen and oxygen atoms in total. The number of carbonyl (C=O) groups is 1. The van der Waals surface area contributed by atoms with Crippen molar-refractivity contribution in [2.45, 2.75) is 6.61 Å². The number of halogens is 1. The number of methoxy groups -OCH3 is 1. The highest BCUT2D eigenvalue weighted by Crippen LogP contribution is 2.38. The molecule has 0 radical (unpaired) electrons. The van der Waals surface area contributed by atoms with E-state index in [0.717, 1.165) is 5.56 Å². The molecule has 0 unspecified atom stereocenters. The number of aliphatic imine (C=N–C) groups is 1. The van der Waals surface area contributed by atoms with Gasteiger partial charge in [-0.1, -0.05) is 30.3 Å². The van der Waals surface area contributed by atoms with Crippen LogP contribution in [0.4, 0.5) is 11.4 Å². The number of benzene rings is 2. The van der Waals surface area contributed by atoms with E-state index in [1.165, 1.54) is 11.5 Å². The number of rotatable bonds is 4. The molecule has 3 rings (SSSR count). The lowest BCUT2D eigenvalue weighted by Gasteiger charge is -2.21. The monoisotopic (exact) mass is 330 g/mol. The minimum Gasteiger partial charge on any atom is -0.488 e. The normalized spacial score (nSPS) is 12.7. The lowest BCUT2D eigenvalue weighted by Crippen LogP contribution is -2.17. The molecule has 0 saturated carbocycles. The molecular formula is C17H15ClN2O3. The zero-order valence-corrected chi connectivity index (χ0v) is 13.3. The fourth-order valence-electron chi connectivity index (χ4n) is 2.29. The maximum absolute atomic E-state index is 12.0. The van der Waals surface area contributed by atoms with E-state index in [9.17, 15) is 4.79 Å². The van der Waals surface area contributed by atoms with Crippen LogP contribution in [0.3, 0.4) is 0 Å². The average molecular weight is 331 g/mol. The van der Waals surface area contributed by atoms with Crippen LogP contribution in [0.1, 0.15) is 15.9 Å². The average Bonchev–Trinajstić information content (AvgIpc) is 2.60. The summed E-state index contributed by atoms with van der Waals surface area (Å²) < 4.78 is 12.1. The highest BCUT2D eigenvalue weighted by molar-refractivity contribution is 6.28. The van der Waals surface area contributed by atoms with Crippen LogP contribution in [0.2, 0.25) is 0 Å². The van der Waals surface area contributed by atoms with Crippen LogP contribution in [-0.2, 0) is 11.3 Å². The van der Waals surface area contributed by atoms with Gasteiger partial charge in [0.25, 0.3) is 0 Å². The quantitative estimate of drug-likeness (QED) is 0.633. The molecule has 0 saturated heterocycles. The van der Waals surface area contributed by atoms with Crippen molar-refractivity contribution in [1.82, 2.24) is 0 Å². The molecule has 0 aliphatic carbocycles. The van der Waals surface area contributed by atoms with Crippen molar-refractivity contribution in [2.24, 2.45) is 4.99 Å². The first kappa shape index (κ1) is 15.4. The molecule has 0 aromatic heterocycles. The molecule has 1 heterocycles. The van der Waals surface area contributed by atoms with Crippen LogP contribution in [0.5, 0.6) is 5.75 Å². The van der Waals surface area contributed by atoms with Gasteiger partial charge in [0.15, 0.2) is 0 Å². The molecule has 0 atom stereocenters. The number of ether oxygens (including phenoxy) is 2. The van der Waals surface area contributed by atoms with Crippen molar-refractivity contribution < 1.29 is 14.3 Å². The van der Waals surface area contributed by atoms with E-state index in [4.69, 9.17) is 21.3 Å². The molecule has 6 heteroatoms. The van der Waals surface area contributed by atoms with Gasteiger partial charge in [0.05, 0.1) is 25.0 Å². The summed E-state index contributed by atoms with van der Waals surface area (Å²) in [4.78, 5) is 16.3. The Balaban J connectivity index is 1.94. The Morgan fingerprint density at radius 3 is 2.83 bits per heavy atom. The summed E-state index contributed by atoms with van der Waals surface area (Å²) in [6.45, 7) is 0.817. The highest BCUT2D eigenvalue weighted by atomic mass is 35.5. The summed E-state index contributed by atoms with van der Waals surface area (Å²) in [6.07, 6.45) is 1.70. The lowest BCUT2D eigenvalue weighted by atomic mass is 10.1. The third kappa shape index (κ3) is 3.29. The van der Waals surface area contributed by atoms with Crippen LogP contribution < -0.4 is 9.16 Å². The Bertz CT molecular complexity index is 747. The Labute approximate surface area is 139 Å². The maximum atomic E-state index is 12.0. The number of esters is 1. The van der Waals surface area contributed by atoms with Crippen molar-refractivity contribution in [1.29, 1.82) is 0 Å². The number of nitrogens with zero attached hydrogens (tertiary/aromatic N) is 2. The third-order valence-electron chi connectivity index (χ3n) is 3.45. The molecule has 23 heavy (non-hydrogen) atoms. The van der Waals surface area contributed by atoms with Gasteiger partial charge in [0, 0.05) is 24.1 Å². The summed E-state index contributed by atoms with van der Waals surface area (Å²) >= 11 is 6.14. The van der Waals surface area contributed by atoms with E-state index in [1.54, 1.807) is 18.3 Å². The van der Waals surface area contributed by atoms with Crippen LogP contribution in [0.25, 0.3) is 0 Å². The van der Waals surface area contributed by atoms with E-state index in [2.05, 4.69) is 4.99 Å². The number of anilines is 1. The van der Waals surface area contributed by atoms with E-state index in [0.29, 0.717) is 35.8 Å². The van der Waals surface area contributed by atoms with Crippen molar-refractivity contribution in [3.05, 3.63) is 53.6 Å². The molecular weight excluding hydrogens is 316 g/mol. The summed E-state index contributed by atoms with van der Waals surface area (Å²) in [7, 11) is 1.33. The first-order valence-electron chi connectivity index (χ1n) is 7.08. The number of hydrogen-bond donors (Lipinski definition) is 0. The van der Waals surface area contributed by atoms with Gasteiger partial charge in [-0.15, -0.1) is 0 Å². The van der Waals surface area contributed by atoms with Crippen LogP contribution in [0.15, 0.2) is 47.5 Å².